The summed E-state index contributed by atoms with van der Waals surface area (Å²) in [5.41, 5.74) is 9.02. The predicted octanol–water partition coefficient (Wildman–Crippen LogP) is 2.58. The number of primary amides is 1. The van der Waals surface area contributed by atoms with Gasteiger partial charge in [-0.3, -0.25) is 14.5 Å². The zero-order valence-corrected chi connectivity index (χ0v) is 14.8. The number of carbonyl (C=O) groups is 1. The maximum atomic E-state index is 11.5. The van der Waals surface area contributed by atoms with E-state index in [-0.39, 0.29) is 0 Å². The molecule has 0 atom stereocenters. The van der Waals surface area contributed by atoms with Crippen molar-refractivity contribution in [2.24, 2.45) is 12.8 Å². The molecule has 0 aliphatic carbocycles. The van der Waals surface area contributed by atoms with E-state index in [1.54, 1.807) is 35.4 Å². The van der Waals surface area contributed by atoms with Crippen molar-refractivity contribution < 1.29 is 4.79 Å². The molecule has 0 radical (unpaired) electrons. The Kier molecular flexibility index (Phi) is 4.00. The minimum Gasteiger partial charge on any atom is -0.366 e. The monoisotopic (exact) mass is 359 g/mol. The number of nitrogens with one attached hydrogen (secondary N) is 1. The van der Waals surface area contributed by atoms with Crippen LogP contribution in [0, 0.1) is 6.92 Å². The van der Waals surface area contributed by atoms with E-state index in [0.29, 0.717) is 22.9 Å². The SMILES string of the molecule is Cc1ccc(C(N)=O)cc1Nc1nc(-c2cccnc2)nc2c1cnn2C. The summed E-state index contributed by atoms with van der Waals surface area (Å²) in [5, 5.41) is 8.36. The lowest BCUT2D eigenvalue weighted by molar-refractivity contribution is 0.100. The highest BCUT2D eigenvalue weighted by atomic mass is 16.1. The van der Waals surface area contributed by atoms with Crippen LogP contribution in [0.1, 0.15) is 15.9 Å². The first-order chi connectivity index (χ1) is 13.0. The molecule has 1 aromatic carbocycles. The zero-order chi connectivity index (χ0) is 19.0. The smallest absolute Gasteiger partial charge is 0.248 e. The van der Waals surface area contributed by atoms with Crippen molar-refractivity contribution in [3.05, 3.63) is 60.0 Å². The van der Waals surface area contributed by atoms with Gasteiger partial charge in [0.05, 0.1) is 11.6 Å². The first-order valence-electron chi connectivity index (χ1n) is 8.30. The first-order valence-corrected chi connectivity index (χ1v) is 8.30. The van der Waals surface area contributed by atoms with E-state index in [1.165, 1.54) is 0 Å². The molecular formula is C19H17N7O. The van der Waals surface area contributed by atoms with Gasteiger partial charge in [-0.15, -0.1) is 0 Å². The van der Waals surface area contributed by atoms with Crippen LogP contribution in [-0.4, -0.2) is 30.6 Å². The third-order valence-corrected chi connectivity index (χ3v) is 4.29. The van der Waals surface area contributed by atoms with Gasteiger partial charge in [0.15, 0.2) is 11.5 Å². The largest absolute Gasteiger partial charge is 0.366 e. The molecule has 0 spiro atoms. The number of fused-ring (bicyclic) bond motifs is 1. The second kappa shape index (κ2) is 6.49. The summed E-state index contributed by atoms with van der Waals surface area (Å²) in [7, 11) is 1.82. The standard InChI is InChI=1S/C19H17N7O/c1-11-5-6-12(16(20)27)8-15(11)23-18-14-10-22-26(2)19(14)25-17(24-18)13-4-3-7-21-9-13/h3-10H,1-2H3,(H2,20,27)(H,23,24,25). The highest BCUT2D eigenvalue weighted by molar-refractivity contribution is 5.95. The van der Waals surface area contributed by atoms with Gasteiger partial charge in [0.2, 0.25) is 5.91 Å². The maximum Gasteiger partial charge on any atom is 0.248 e. The zero-order valence-electron chi connectivity index (χ0n) is 14.8. The number of hydrogen-bond donors (Lipinski definition) is 2. The Bertz CT molecular complexity index is 1150. The molecule has 3 N–H and O–H groups in total. The fourth-order valence-corrected chi connectivity index (χ4v) is 2.78. The topological polar surface area (TPSA) is 112 Å². The molecule has 134 valence electrons. The van der Waals surface area contributed by atoms with E-state index >= 15 is 0 Å². The van der Waals surface area contributed by atoms with Crippen molar-refractivity contribution in [1.29, 1.82) is 0 Å². The molecule has 0 saturated carbocycles. The lowest BCUT2D eigenvalue weighted by Gasteiger charge is -2.12. The van der Waals surface area contributed by atoms with Gasteiger partial charge in [-0.05, 0) is 36.8 Å². The van der Waals surface area contributed by atoms with Crippen LogP contribution in [-0.2, 0) is 7.05 Å². The van der Waals surface area contributed by atoms with Gasteiger partial charge >= 0.3 is 0 Å². The Hall–Kier alpha value is -3.81. The van der Waals surface area contributed by atoms with Crippen molar-refractivity contribution in [3.8, 4) is 11.4 Å². The Morgan fingerprint density at radius 3 is 2.78 bits per heavy atom. The first kappa shape index (κ1) is 16.6. The van der Waals surface area contributed by atoms with E-state index in [0.717, 1.165) is 22.2 Å². The van der Waals surface area contributed by atoms with Gasteiger partial charge in [0, 0.05) is 36.3 Å². The van der Waals surface area contributed by atoms with Crippen LogP contribution < -0.4 is 11.1 Å². The van der Waals surface area contributed by atoms with Crippen molar-refractivity contribution in [2.45, 2.75) is 6.92 Å². The molecule has 4 rings (SSSR count). The number of anilines is 2. The fourth-order valence-electron chi connectivity index (χ4n) is 2.78. The molecule has 27 heavy (non-hydrogen) atoms. The summed E-state index contributed by atoms with van der Waals surface area (Å²) in [6.07, 6.45) is 5.11. The van der Waals surface area contributed by atoms with Crippen LogP contribution in [0.25, 0.3) is 22.4 Å². The molecule has 4 aromatic rings. The maximum absolute atomic E-state index is 11.5. The second-order valence-corrected chi connectivity index (χ2v) is 6.16. The van der Waals surface area contributed by atoms with Gasteiger partial charge in [-0.1, -0.05) is 6.07 Å². The highest BCUT2D eigenvalue weighted by Gasteiger charge is 2.14. The number of nitrogens with two attached hydrogens (primary N) is 1. The molecule has 0 aliphatic heterocycles. The molecule has 0 bridgehead atoms. The second-order valence-electron chi connectivity index (χ2n) is 6.16. The molecule has 3 heterocycles. The van der Waals surface area contributed by atoms with E-state index in [2.05, 4.69) is 25.4 Å². The minimum atomic E-state index is -0.483. The fraction of sp³-hybridized carbons (Fsp3) is 0.105. The normalized spacial score (nSPS) is 10.9. The molecule has 1 amide bonds. The van der Waals surface area contributed by atoms with Crippen molar-refractivity contribution >= 4 is 28.4 Å². The summed E-state index contributed by atoms with van der Waals surface area (Å²) in [5.74, 6) is 0.644. The van der Waals surface area contributed by atoms with Gasteiger partial charge in [0.1, 0.15) is 5.82 Å². The lowest BCUT2D eigenvalue weighted by atomic mass is 10.1. The number of aryl methyl sites for hydroxylation is 2. The molecule has 0 aliphatic rings. The minimum absolute atomic E-state index is 0.423. The summed E-state index contributed by atoms with van der Waals surface area (Å²) in [6, 6.07) is 8.98. The van der Waals surface area contributed by atoms with Crippen LogP contribution in [0.15, 0.2) is 48.9 Å². The third kappa shape index (κ3) is 3.08. The Morgan fingerprint density at radius 1 is 1.19 bits per heavy atom. The summed E-state index contributed by atoms with van der Waals surface area (Å²) >= 11 is 0. The number of hydrogen-bond acceptors (Lipinski definition) is 6. The molecule has 0 unspecified atom stereocenters. The summed E-state index contributed by atoms with van der Waals surface area (Å²) in [6.45, 7) is 1.94. The van der Waals surface area contributed by atoms with Crippen LogP contribution in [0.4, 0.5) is 11.5 Å². The third-order valence-electron chi connectivity index (χ3n) is 4.29. The summed E-state index contributed by atoms with van der Waals surface area (Å²) in [4.78, 5) is 24.9. The Labute approximate surface area is 155 Å². The number of amides is 1. The van der Waals surface area contributed by atoms with Crippen molar-refractivity contribution in [2.75, 3.05) is 5.32 Å². The lowest BCUT2D eigenvalue weighted by Crippen LogP contribution is -2.11. The van der Waals surface area contributed by atoms with Crippen LogP contribution >= 0.6 is 0 Å². The van der Waals surface area contributed by atoms with Gasteiger partial charge in [0.25, 0.3) is 0 Å². The van der Waals surface area contributed by atoms with Crippen LogP contribution in [0.2, 0.25) is 0 Å². The molecule has 3 aromatic heterocycles. The quantitative estimate of drug-likeness (QED) is 0.579. The molecule has 8 heteroatoms. The molecule has 0 fully saturated rings. The predicted molar refractivity (Wildman–Crippen MR) is 103 cm³/mol. The highest BCUT2D eigenvalue weighted by Crippen LogP contribution is 2.28. The van der Waals surface area contributed by atoms with Crippen molar-refractivity contribution in [1.82, 2.24) is 24.7 Å². The van der Waals surface area contributed by atoms with E-state index in [9.17, 15) is 4.79 Å². The number of nitrogens with zero attached hydrogens (tertiary/aromatic N) is 5. The number of rotatable bonds is 4. The van der Waals surface area contributed by atoms with E-state index < -0.39 is 5.91 Å². The average Bonchev–Trinajstić information content (AvgIpc) is 3.05. The Balaban J connectivity index is 1.86. The molecular weight excluding hydrogens is 342 g/mol. The number of pyridine rings is 1. The number of benzene rings is 1. The average molecular weight is 359 g/mol. The Morgan fingerprint density at radius 2 is 2.04 bits per heavy atom. The number of carbonyl (C=O) groups excluding carboxylic acids is 1. The number of aromatic nitrogens is 5. The molecule has 8 nitrogen and oxygen atoms in total. The van der Waals surface area contributed by atoms with E-state index in [1.807, 2.05) is 32.2 Å². The molecule has 0 saturated heterocycles. The van der Waals surface area contributed by atoms with Crippen LogP contribution in [0.3, 0.4) is 0 Å². The summed E-state index contributed by atoms with van der Waals surface area (Å²) < 4.78 is 1.69. The van der Waals surface area contributed by atoms with E-state index in [4.69, 9.17) is 5.73 Å². The van der Waals surface area contributed by atoms with Gasteiger partial charge < -0.3 is 11.1 Å². The van der Waals surface area contributed by atoms with Crippen molar-refractivity contribution in [3.63, 3.8) is 0 Å². The van der Waals surface area contributed by atoms with Crippen LogP contribution in [0.5, 0.6) is 0 Å². The van der Waals surface area contributed by atoms with Gasteiger partial charge in [-0.25, -0.2) is 9.97 Å². The van der Waals surface area contributed by atoms with Gasteiger partial charge in [-0.2, -0.15) is 5.10 Å².